The molecule has 0 spiro atoms. The van der Waals surface area contributed by atoms with Crippen molar-refractivity contribution < 1.29 is 0 Å². The van der Waals surface area contributed by atoms with Gasteiger partial charge < -0.3 is 5.32 Å². The van der Waals surface area contributed by atoms with Gasteiger partial charge in [0, 0.05) is 13.1 Å². The van der Waals surface area contributed by atoms with Crippen molar-refractivity contribution in [3.05, 3.63) is 15.9 Å². The van der Waals surface area contributed by atoms with Crippen LogP contribution in [0.25, 0.3) is 0 Å². The van der Waals surface area contributed by atoms with E-state index in [0.29, 0.717) is 0 Å². The van der Waals surface area contributed by atoms with Crippen LogP contribution in [0.15, 0.2) is 4.47 Å². The Balaban J connectivity index is 1.78. The van der Waals surface area contributed by atoms with E-state index in [0.717, 1.165) is 35.7 Å². The fourth-order valence-corrected chi connectivity index (χ4v) is 3.27. The van der Waals surface area contributed by atoms with Crippen molar-refractivity contribution in [2.45, 2.75) is 59.0 Å². The highest BCUT2D eigenvalue weighted by atomic mass is 79.9. The summed E-state index contributed by atoms with van der Waals surface area (Å²) in [6.45, 7) is 7.18. The predicted octanol–water partition coefficient (Wildman–Crippen LogP) is 3.64. The summed E-state index contributed by atoms with van der Waals surface area (Å²) in [5.74, 6) is 0.971. The van der Waals surface area contributed by atoms with Gasteiger partial charge in [0.05, 0.1) is 15.9 Å². The molecule has 1 heterocycles. The van der Waals surface area contributed by atoms with E-state index in [9.17, 15) is 0 Å². The normalized spacial score (nSPS) is 16.6. The van der Waals surface area contributed by atoms with Gasteiger partial charge in [-0.3, -0.25) is 4.68 Å². The Morgan fingerprint density at radius 2 is 2.11 bits per heavy atom. The Labute approximate surface area is 118 Å². The molecule has 2 rings (SSSR count). The van der Waals surface area contributed by atoms with E-state index in [1.165, 1.54) is 37.8 Å². The molecule has 3 nitrogen and oxygen atoms in total. The van der Waals surface area contributed by atoms with Crippen molar-refractivity contribution in [2.75, 3.05) is 6.54 Å². The van der Waals surface area contributed by atoms with Crippen molar-refractivity contribution in [1.82, 2.24) is 15.1 Å². The Bertz CT molecular complexity index is 381. The monoisotopic (exact) mass is 313 g/mol. The molecule has 0 aromatic carbocycles. The summed E-state index contributed by atoms with van der Waals surface area (Å²) in [7, 11) is 0. The van der Waals surface area contributed by atoms with Crippen LogP contribution < -0.4 is 5.32 Å². The highest BCUT2D eigenvalue weighted by Crippen LogP contribution is 2.27. The van der Waals surface area contributed by atoms with Crippen LogP contribution in [0.4, 0.5) is 0 Å². The van der Waals surface area contributed by atoms with Gasteiger partial charge in [-0.05, 0) is 48.7 Å². The lowest BCUT2D eigenvalue weighted by molar-refractivity contribution is 0.470. The topological polar surface area (TPSA) is 29.9 Å². The molecule has 0 saturated heterocycles. The Kier molecular flexibility index (Phi) is 5.25. The number of rotatable bonds is 6. The zero-order valence-electron chi connectivity index (χ0n) is 11.5. The molecular weight excluding hydrogens is 290 g/mol. The van der Waals surface area contributed by atoms with Gasteiger partial charge in [-0.15, -0.1) is 0 Å². The molecule has 0 bridgehead atoms. The van der Waals surface area contributed by atoms with E-state index in [-0.39, 0.29) is 0 Å². The number of nitrogens with zero attached hydrogens (tertiary/aromatic N) is 2. The first-order valence-corrected chi connectivity index (χ1v) is 7.94. The molecule has 1 aliphatic rings. The summed E-state index contributed by atoms with van der Waals surface area (Å²) in [4.78, 5) is 0. The first kappa shape index (κ1) is 14.1. The molecule has 0 radical (unpaired) electrons. The highest BCUT2D eigenvalue weighted by molar-refractivity contribution is 9.10. The summed E-state index contributed by atoms with van der Waals surface area (Å²) < 4.78 is 3.25. The second-order valence-electron chi connectivity index (χ2n) is 5.28. The van der Waals surface area contributed by atoms with Crippen LogP contribution in [-0.2, 0) is 13.1 Å². The maximum Gasteiger partial charge on any atom is 0.0739 e. The number of halogens is 1. The lowest BCUT2D eigenvalue weighted by atomic mass is 10.0. The maximum absolute atomic E-state index is 4.51. The van der Waals surface area contributed by atoms with Crippen LogP contribution >= 0.6 is 15.9 Å². The van der Waals surface area contributed by atoms with Crippen molar-refractivity contribution in [2.24, 2.45) is 5.92 Å². The molecule has 4 heteroatoms. The minimum absolute atomic E-state index is 0.919. The molecule has 0 unspecified atom stereocenters. The van der Waals surface area contributed by atoms with Gasteiger partial charge in [-0.25, -0.2) is 0 Å². The van der Waals surface area contributed by atoms with E-state index in [2.05, 4.69) is 44.9 Å². The van der Waals surface area contributed by atoms with E-state index >= 15 is 0 Å². The lowest BCUT2D eigenvalue weighted by Gasteiger charge is -2.10. The SMILES string of the molecule is CCn1nc(C)c(Br)c1CNCCC1CCCC1. The van der Waals surface area contributed by atoms with E-state index in [1.807, 2.05) is 0 Å². The fraction of sp³-hybridized carbons (Fsp3) is 0.786. The molecular formula is C14H24BrN3. The van der Waals surface area contributed by atoms with Gasteiger partial charge in [0.1, 0.15) is 0 Å². The number of aryl methyl sites for hydroxylation is 2. The first-order valence-electron chi connectivity index (χ1n) is 7.14. The second kappa shape index (κ2) is 6.71. The molecule has 1 aromatic rings. The van der Waals surface area contributed by atoms with Crippen LogP contribution in [-0.4, -0.2) is 16.3 Å². The van der Waals surface area contributed by atoms with Crippen LogP contribution in [0.2, 0.25) is 0 Å². The Hall–Kier alpha value is -0.350. The molecule has 1 N–H and O–H groups in total. The molecule has 0 atom stereocenters. The van der Waals surface area contributed by atoms with Crippen molar-refractivity contribution >= 4 is 15.9 Å². The Morgan fingerprint density at radius 1 is 1.39 bits per heavy atom. The minimum atomic E-state index is 0.919. The number of aromatic nitrogens is 2. The van der Waals surface area contributed by atoms with Crippen molar-refractivity contribution in [3.8, 4) is 0 Å². The first-order chi connectivity index (χ1) is 8.72. The molecule has 102 valence electrons. The van der Waals surface area contributed by atoms with Crippen molar-refractivity contribution in [3.63, 3.8) is 0 Å². The summed E-state index contributed by atoms with van der Waals surface area (Å²) in [5.41, 5.74) is 2.37. The van der Waals surface area contributed by atoms with Gasteiger partial charge >= 0.3 is 0 Å². The van der Waals surface area contributed by atoms with Gasteiger partial charge in [0.15, 0.2) is 0 Å². The highest BCUT2D eigenvalue weighted by Gasteiger charge is 2.15. The molecule has 1 saturated carbocycles. The zero-order chi connectivity index (χ0) is 13.0. The van der Waals surface area contributed by atoms with Crippen LogP contribution in [0, 0.1) is 12.8 Å². The average molecular weight is 314 g/mol. The third kappa shape index (κ3) is 3.35. The quantitative estimate of drug-likeness (QED) is 0.812. The summed E-state index contributed by atoms with van der Waals surface area (Å²) >= 11 is 3.64. The Morgan fingerprint density at radius 3 is 2.78 bits per heavy atom. The number of hydrogen-bond donors (Lipinski definition) is 1. The van der Waals surface area contributed by atoms with Gasteiger partial charge in [0.25, 0.3) is 0 Å². The van der Waals surface area contributed by atoms with Crippen LogP contribution in [0.1, 0.15) is 50.4 Å². The second-order valence-corrected chi connectivity index (χ2v) is 6.07. The summed E-state index contributed by atoms with van der Waals surface area (Å²) in [6.07, 6.45) is 7.10. The zero-order valence-corrected chi connectivity index (χ0v) is 13.1. The summed E-state index contributed by atoms with van der Waals surface area (Å²) in [5, 5.41) is 8.08. The molecule has 1 aromatic heterocycles. The lowest BCUT2D eigenvalue weighted by Crippen LogP contribution is -2.19. The molecule has 18 heavy (non-hydrogen) atoms. The van der Waals surface area contributed by atoms with Gasteiger partial charge in [0.2, 0.25) is 0 Å². The standard InChI is InChI=1S/C14H24BrN3/c1-3-18-13(14(15)11(2)17-18)10-16-9-8-12-6-4-5-7-12/h12,16H,3-10H2,1-2H3. The fourth-order valence-electron chi connectivity index (χ4n) is 2.85. The summed E-state index contributed by atoms with van der Waals surface area (Å²) in [6, 6.07) is 0. The maximum atomic E-state index is 4.51. The molecule has 1 aliphatic carbocycles. The minimum Gasteiger partial charge on any atom is -0.311 e. The predicted molar refractivity (Wildman–Crippen MR) is 78.6 cm³/mol. The average Bonchev–Trinajstić information content (AvgIpc) is 2.96. The smallest absolute Gasteiger partial charge is 0.0739 e. The van der Waals surface area contributed by atoms with Crippen molar-refractivity contribution in [1.29, 1.82) is 0 Å². The molecule has 1 fully saturated rings. The van der Waals surface area contributed by atoms with E-state index in [1.54, 1.807) is 0 Å². The largest absolute Gasteiger partial charge is 0.311 e. The number of nitrogens with one attached hydrogen (secondary N) is 1. The van der Waals surface area contributed by atoms with Gasteiger partial charge in [-0.2, -0.15) is 5.10 Å². The third-order valence-corrected chi connectivity index (χ3v) is 4.98. The van der Waals surface area contributed by atoms with E-state index < -0.39 is 0 Å². The van der Waals surface area contributed by atoms with Crippen LogP contribution in [0.3, 0.4) is 0 Å². The van der Waals surface area contributed by atoms with Crippen LogP contribution in [0.5, 0.6) is 0 Å². The van der Waals surface area contributed by atoms with E-state index in [4.69, 9.17) is 0 Å². The molecule has 0 aliphatic heterocycles. The molecule has 0 amide bonds. The van der Waals surface area contributed by atoms with Gasteiger partial charge in [-0.1, -0.05) is 25.7 Å². The number of hydrogen-bond acceptors (Lipinski definition) is 2. The third-order valence-electron chi connectivity index (χ3n) is 3.95.